The summed E-state index contributed by atoms with van der Waals surface area (Å²) in [5.41, 5.74) is 1.91. The number of hydrogen-bond acceptors (Lipinski definition) is 4. The number of anilines is 2. The smallest absolute Gasteiger partial charge is 0.233 e. The predicted octanol–water partition coefficient (Wildman–Crippen LogP) is 3.50. The zero-order valence-corrected chi connectivity index (χ0v) is 13.8. The third-order valence-corrected chi connectivity index (χ3v) is 4.62. The zero-order valence-electron chi connectivity index (χ0n) is 12.2. The van der Waals surface area contributed by atoms with Crippen molar-refractivity contribution >= 4 is 33.1 Å². The van der Waals surface area contributed by atoms with E-state index in [0.717, 1.165) is 11.3 Å². The van der Waals surface area contributed by atoms with Crippen molar-refractivity contribution < 1.29 is 8.42 Å². The standard InChI is InChI=1S/C15H18ClN3O2S/c1-2-9-22(20,21)19-15-8-7-14(11-18-15)17-10-12-3-5-13(16)6-4-12/h3-8,11,17H,2,9-10H2,1H3,(H,18,19). The Morgan fingerprint density at radius 2 is 1.86 bits per heavy atom. The summed E-state index contributed by atoms with van der Waals surface area (Å²) in [6.45, 7) is 2.45. The lowest BCUT2D eigenvalue weighted by atomic mass is 10.2. The van der Waals surface area contributed by atoms with Gasteiger partial charge in [0.25, 0.3) is 0 Å². The molecule has 0 spiro atoms. The number of hydrogen-bond donors (Lipinski definition) is 2. The normalized spacial score (nSPS) is 11.2. The van der Waals surface area contributed by atoms with Crippen LogP contribution in [0.4, 0.5) is 11.5 Å². The Kier molecular flexibility index (Phi) is 5.63. The fourth-order valence-corrected chi connectivity index (χ4v) is 3.05. The summed E-state index contributed by atoms with van der Waals surface area (Å²) in [6, 6.07) is 11.0. The van der Waals surface area contributed by atoms with E-state index in [9.17, 15) is 8.42 Å². The fraction of sp³-hybridized carbons (Fsp3) is 0.267. The molecule has 5 nitrogen and oxygen atoms in total. The van der Waals surface area contributed by atoms with Gasteiger partial charge in [0.1, 0.15) is 5.82 Å². The molecule has 2 N–H and O–H groups in total. The Balaban J connectivity index is 1.93. The molecule has 2 aromatic rings. The summed E-state index contributed by atoms with van der Waals surface area (Å²) in [6.07, 6.45) is 2.16. The molecule has 0 saturated carbocycles. The van der Waals surface area contributed by atoms with Crippen LogP contribution in [0.3, 0.4) is 0 Å². The van der Waals surface area contributed by atoms with Crippen molar-refractivity contribution in [2.45, 2.75) is 19.9 Å². The molecular formula is C15H18ClN3O2S. The molecule has 0 amide bonds. The van der Waals surface area contributed by atoms with Gasteiger partial charge in [-0.1, -0.05) is 30.7 Å². The highest BCUT2D eigenvalue weighted by atomic mass is 35.5. The van der Waals surface area contributed by atoms with E-state index in [4.69, 9.17) is 11.6 Å². The van der Waals surface area contributed by atoms with E-state index < -0.39 is 10.0 Å². The number of halogens is 1. The molecule has 0 fully saturated rings. The van der Waals surface area contributed by atoms with Crippen molar-refractivity contribution in [1.82, 2.24) is 4.98 Å². The second-order valence-electron chi connectivity index (χ2n) is 4.83. The molecule has 1 aromatic carbocycles. The Bertz CT molecular complexity index is 701. The molecule has 22 heavy (non-hydrogen) atoms. The summed E-state index contributed by atoms with van der Waals surface area (Å²) < 4.78 is 25.7. The first kappa shape index (κ1) is 16.6. The monoisotopic (exact) mass is 339 g/mol. The topological polar surface area (TPSA) is 71.1 Å². The van der Waals surface area contributed by atoms with Crippen LogP contribution in [0.25, 0.3) is 0 Å². The van der Waals surface area contributed by atoms with E-state index in [-0.39, 0.29) is 5.75 Å². The Morgan fingerprint density at radius 1 is 1.14 bits per heavy atom. The first-order valence-electron chi connectivity index (χ1n) is 6.93. The highest BCUT2D eigenvalue weighted by molar-refractivity contribution is 7.92. The van der Waals surface area contributed by atoms with Gasteiger partial charge in [0.2, 0.25) is 10.0 Å². The molecule has 0 radical (unpaired) electrons. The molecule has 0 atom stereocenters. The number of nitrogens with one attached hydrogen (secondary N) is 2. The van der Waals surface area contributed by atoms with Crippen LogP contribution in [0, 0.1) is 0 Å². The van der Waals surface area contributed by atoms with Crippen LogP contribution in [0.15, 0.2) is 42.6 Å². The summed E-state index contributed by atoms with van der Waals surface area (Å²) in [5, 5.41) is 3.92. The number of pyridine rings is 1. The summed E-state index contributed by atoms with van der Waals surface area (Å²) in [4.78, 5) is 4.10. The maximum atomic E-state index is 11.6. The Hall–Kier alpha value is -1.79. The van der Waals surface area contributed by atoms with Crippen LogP contribution >= 0.6 is 11.6 Å². The molecule has 0 saturated heterocycles. The van der Waals surface area contributed by atoms with Crippen LogP contribution in [0.5, 0.6) is 0 Å². The first-order valence-corrected chi connectivity index (χ1v) is 8.96. The van der Waals surface area contributed by atoms with Crippen LogP contribution in [-0.4, -0.2) is 19.2 Å². The lowest BCUT2D eigenvalue weighted by Crippen LogP contribution is -2.16. The highest BCUT2D eigenvalue weighted by Gasteiger charge is 2.09. The predicted molar refractivity (Wildman–Crippen MR) is 90.7 cm³/mol. The van der Waals surface area contributed by atoms with Gasteiger partial charge in [0.15, 0.2) is 0 Å². The second-order valence-corrected chi connectivity index (χ2v) is 7.11. The third kappa shape index (κ3) is 5.20. The minimum absolute atomic E-state index is 0.0885. The molecule has 2 rings (SSSR count). The van der Waals surface area contributed by atoms with Crippen LogP contribution in [0.1, 0.15) is 18.9 Å². The van der Waals surface area contributed by atoms with E-state index in [0.29, 0.717) is 23.8 Å². The van der Waals surface area contributed by atoms with Crippen molar-refractivity contribution in [2.75, 3.05) is 15.8 Å². The van der Waals surface area contributed by atoms with Gasteiger partial charge < -0.3 is 5.32 Å². The molecule has 0 bridgehead atoms. The summed E-state index contributed by atoms with van der Waals surface area (Å²) in [7, 11) is -3.30. The Labute approximate surface area is 135 Å². The lowest BCUT2D eigenvalue weighted by molar-refractivity contribution is 0.599. The number of sulfonamides is 1. The lowest BCUT2D eigenvalue weighted by Gasteiger charge is -2.09. The van der Waals surface area contributed by atoms with Crippen LogP contribution < -0.4 is 10.0 Å². The van der Waals surface area contributed by atoms with Gasteiger partial charge >= 0.3 is 0 Å². The van der Waals surface area contributed by atoms with Gasteiger partial charge in [0, 0.05) is 11.6 Å². The van der Waals surface area contributed by atoms with Crippen molar-refractivity contribution in [3.63, 3.8) is 0 Å². The van der Waals surface area contributed by atoms with Gasteiger partial charge in [-0.15, -0.1) is 0 Å². The Morgan fingerprint density at radius 3 is 2.45 bits per heavy atom. The number of rotatable bonds is 7. The maximum absolute atomic E-state index is 11.6. The van der Waals surface area contributed by atoms with Crippen molar-refractivity contribution in [1.29, 1.82) is 0 Å². The van der Waals surface area contributed by atoms with Crippen molar-refractivity contribution in [3.8, 4) is 0 Å². The average Bonchev–Trinajstić information content (AvgIpc) is 2.48. The summed E-state index contributed by atoms with van der Waals surface area (Å²) in [5.74, 6) is 0.413. The molecule has 7 heteroatoms. The zero-order chi connectivity index (χ0) is 16.0. The maximum Gasteiger partial charge on any atom is 0.233 e. The third-order valence-electron chi connectivity index (χ3n) is 2.91. The van der Waals surface area contributed by atoms with E-state index in [1.165, 1.54) is 0 Å². The number of aromatic nitrogens is 1. The molecule has 0 aliphatic rings. The molecule has 1 heterocycles. The highest BCUT2D eigenvalue weighted by Crippen LogP contribution is 2.14. The van der Waals surface area contributed by atoms with E-state index in [2.05, 4.69) is 15.0 Å². The SMILES string of the molecule is CCCS(=O)(=O)Nc1ccc(NCc2ccc(Cl)cc2)cn1. The first-order chi connectivity index (χ1) is 10.5. The fourth-order valence-electron chi connectivity index (χ4n) is 1.84. The number of nitrogens with zero attached hydrogens (tertiary/aromatic N) is 1. The molecule has 0 unspecified atom stereocenters. The van der Waals surface area contributed by atoms with Crippen molar-refractivity contribution in [3.05, 3.63) is 53.2 Å². The summed E-state index contributed by atoms with van der Waals surface area (Å²) >= 11 is 5.83. The van der Waals surface area contributed by atoms with Gasteiger partial charge in [-0.2, -0.15) is 0 Å². The minimum atomic E-state index is -3.30. The van der Waals surface area contributed by atoms with Crippen molar-refractivity contribution in [2.24, 2.45) is 0 Å². The quantitative estimate of drug-likeness (QED) is 0.810. The molecule has 118 valence electrons. The average molecular weight is 340 g/mol. The minimum Gasteiger partial charge on any atom is -0.380 e. The van der Waals surface area contributed by atoms with E-state index in [1.54, 1.807) is 18.3 Å². The van der Waals surface area contributed by atoms with Crippen LogP contribution in [-0.2, 0) is 16.6 Å². The molecule has 1 aromatic heterocycles. The van der Waals surface area contributed by atoms with E-state index in [1.807, 2.05) is 31.2 Å². The largest absolute Gasteiger partial charge is 0.380 e. The molecule has 0 aliphatic carbocycles. The van der Waals surface area contributed by atoms with Gasteiger partial charge in [-0.25, -0.2) is 13.4 Å². The molecule has 0 aliphatic heterocycles. The van der Waals surface area contributed by atoms with Gasteiger partial charge in [-0.05, 0) is 36.2 Å². The molecular weight excluding hydrogens is 322 g/mol. The number of benzene rings is 1. The van der Waals surface area contributed by atoms with Crippen LogP contribution in [0.2, 0.25) is 5.02 Å². The van der Waals surface area contributed by atoms with Gasteiger partial charge in [-0.3, -0.25) is 4.72 Å². The second kappa shape index (κ2) is 7.47. The van der Waals surface area contributed by atoms with Gasteiger partial charge in [0.05, 0.1) is 17.6 Å². The van der Waals surface area contributed by atoms with E-state index >= 15 is 0 Å².